The Hall–Kier alpha value is -3.39. The number of nitrogens with two attached hydrogens (primary N) is 1. The Balaban J connectivity index is 1.98. The van der Waals surface area contributed by atoms with Gasteiger partial charge in [0.15, 0.2) is 0 Å². The van der Waals surface area contributed by atoms with Gasteiger partial charge in [0.05, 0.1) is 19.3 Å². The Kier molecular flexibility index (Phi) is 4.62. The van der Waals surface area contributed by atoms with Crippen LogP contribution in [0.2, 0.25) is 0 Å². The van der Waals surface area contributed by atoms with Crippen LogP contribution in [0.4, 0.5) is 5.69 Å². The van der Waals surface area contributed by atoms with Crippen molar-refractivity contribution in [3.63, 3.8) is 0 Å². The minimum atomic E-state index is 0.423. The second-order valence-electron chi connectivity index (χ2n) is 5.76. The summed E-state index contributed by atoms with van der Waals surface area (Å²) in [5.74, 6) is 1.74. The standard InChI is InChI=1S/C20H19N3O2/c1-14-5-3-6-15(9-14)13-23-16(12-21)10-19(22)20(23)25-18-8-4-7-17(11-18)24-2/h3-11H,13,22H2,1-2H3. The lowest BCUT2D eigenvalue weighted by atomic mass is 10.1. The van der Waals surface area contributed by atoms with Crippen molar-refractivity contribution in [1.82, 2.24) is 4.57 Å². The number of hydrogen-bond donors (Lipinski definition) is 1. The zero-order valence-corrected chi connectivity index (χ0v) is 14.2. The van der Waals surface area contributed by atoms with Gasteiger partial charge in [0.1, 0.15) is 23.3 Å². The van der Waals surface area contributed by atoms with Gasteiger partial charge in [-0.25, -0.2) is 0 Å². The molecule has 0 aliphatic rings. The molecule has 126 valence electrons. The van der Waals surface area contributed by atoms with Gasteiger partial charge in [-0.15, -0.1) is 0 Å². The van der Waals surface area contributed by atoms with Crippen molar-refractivity contribution in [3.05, 3.63) is 71.4 Å². The molecular formula is C20H19N3O2. The van der Waals surface area contributed by atoms with E-state index in [4.69, 9.17) is 15.2 Å². The van der Waals surface area contributed by atoms with Gasteiger partial charge in [-0.3, -0.25) is 4.57 Å². The van der Waals surface area contributed by atoms with Gasteiger partial charge in [0.2, 0.25) is 5.88 Å². The lowest BCUT2D eigenvalue weighted by molar-refractivity contribution is 0.403. The van der Waals surface area contributed by atoms with Gasteiger partial charge in [0, 0.05) is 12.1 Å². The predicted octanol–water partition coefficient (Wildman–Crippen LogP) is 4.10. The molecule has 1 aromatic heterocycles. The van der Waals surface area contributed by atoms with Crippen LogP contribution >= 0.6 is 0 Å². The molecule has 2 aromatic carbocycles. The van der Waals surface area contributed by atoms with E-state index in [0.29, 0.717) is 35.3 Å². The number of aryl methyl sites for hydroxylation is 1. The number of methoxy groups -OCH3 is 1. The van der Waals surface area contributed by atoms with Crippen LogP contribution in [0.5, 0.6) is 17.4 Å². The molecule has 0 fully saturated rings. The monoisotopic (exact) mass is 333 g/mol. The van der Waals surface area contributed by atoms with Gasteiger partial charge in [0.25, 0.3) is 0 Å². The lowest BCUT2D eigenvalue weighted by Gasteiger charge is -2.13. The third kappa shape index (κ3) is 3.59. The zero-order valence-electron chi connectivity index (χ0n) is 14.2. The van der Waals surface area contributed by atoms with E-state index >= 15 is 0 Å². The molecule has 0 saturated carbocycles. The number of nitrogen functional groups attached to an aromatic ring is 1. The Bertz CT molecular complexity index is 938. The summed E-state index contributed by atoms with van der Waals surface area (Å²) in [7, 11) is 1.60. The molecule has 2 N–H and O–H groups in total. The molecule has 1 heterocycles. The van der Waals surface area contributed by atoms with Crippen LogP contribution in [0.25, 0.3) is 0 Å². The van der Waals surface area contributed by atoms with Crippen LogP contribution in [0.1, 0.15) is 16.8 Å². The minimum absolute atomic E-state index is 0.423. The van der Waals surface area contributed by atoms with E-state index < -0.39 is 0 Å². The highest BCUT2D eigenvalue weighted by atomic mass is 16.5. The number of hydrogen-bond acceptors (Lipinski definition) is 4. The molecule has 0 bridgehead atoms. The van der Waals surface area contributed by atoms with E-state index in [1.54, 1.807) is 23.8 Å². The Labute approximate surface area is 146 Å². The molecule has 0 aliphatic carbocycles. The first-order valence-electron chi connectivity index (χ1n) is 7.87. The minimum Gasteiger partial charge on any atom is -0.497 e. The maximum Gasteiger partial charge on any atom is 0.224 e. The summed E-state index contributed by atoms with van der Waals surface area (Å²) in [4.78, 5) is 0. The summed E-state index contributed by atoms with van der Waals surface area (Å²) < 4.78 is 13.0. The van der Waals surface area contributed by atoms with Crippen LogP contribution in [0, 0.1) is 18.3 Å². The van der Waals surface area contributed by atoms with Crippen LogP contribution < -0.4 is 15.2 Å². The first-order valence-corrected chi connectivity index (χ1v) is 7.87. The number of aromatic nitrogens is 1. The summed E-state index contributed by atoms with van der Waals surface area (Å²) >= 11 is 0. The smallest absolute Gasteiger partial charge is 0.224 e. The maximum atomic E-state index is 9.44. The van der Waals surface area contributed by atoms with Crippen LogP contribution in [0.15, 0.2) is 54.6 Å². The number of nitrogens with zero attached hydrogens (tertiary/aromatic N) is 2. The van der Waals surface area contributed by atoms with E-state index in [2.05, 4.69) is 12.1 Å². The largest absolute Gasteiger partial charge is 0.497 e. The van der Waals surface area contributed by atoms with Crippen LogP contribution in [-0.2, 0) is 6.54 Å². The van der Waals surface area contributed by atoms with E-state index in [9.17, 15) is 5.26 Å². The van der Waals surface area contributed by atoms with E-state index in [1.807, 2.05) is 43.3 Å². The fraction of sp³-hybridized carbons (Fsp3) is 0.150. The zero-order chi connectivity index (χ0) is 17.8. The first-order chi connectivity index (χ1) is 12.1. The molecule has 0 saturated heterocycles. The molecule has 0 unspecified atom stereocenters. The highest BCUT2D eigenvalue weighted by Gasteiger charge is 2.16. The summed E-state index contributed by atoms with van der Waals surface area (Å²) in [6, 6.07) is 19.2. The van der Waals surface area contributed by atoms with Crippen molar-refractivity contribution >= 4 is 5.69 Å². The number of rotatable bonds is 5. The van der Waals surface area contributed by atoms with Gasteiger partial charge in [-0.05, 0) is 24.6 Å². The van der Waals surface area contributed by atoms with Crippen molar-refractivity contribution in [2.45, 2.75) is 13.5 Å². The Morgan fingerprint density at radius 3 is 2.56 bits per heavy atom. The molecule has 0 amide bonds. The van der Waals surface area contributed by atoms with Crippen molar-refractivity contribution in [1.29, 1.82) is 5.26 Å². The van der Waals surface area contributed by atoms with Crippen molar-refractivity contribution in [2.24, 2.45) is 0 Å². The van der Waals surface area contributed by atoms with Crippen molar-refractivity contribution < 1.29 is 9.47 Å². The first kappa shape index (κ1) is 16.5. The summed E-state index contributed by atoms with van der Waals surface area (Å²) in [5.41, 5.74) is 9.20. The second-order valence-corrected chi connectivity index (χ2v) is 5.76. The second kappa shape index (κ2) is 7.02. The molecule has 3 rings (SSSR count). The Morgan fingerprint density at radius 2 is 1.84 bits per heavy atom. The fourth-order valence-electron chi connectivity index (χ4n) is 2.69. The molecule has 0 aliphatic heterocycles. The number of nitriles is 1. The number of ether oxygens (including phenoxy) is 2. The van der Waals surface area contributed by atoms with Crippen LogP contribution in [0.3, 0.4) is 0 Å². The molecule has 3 aromatic rings. The summed E-state index contributed by atoms with van der Waals surface area (Å²) in [6.07, 6.45) is 0. The molecule has 25 heavy (non-hydrogen) atoms. The molecular weight excluding hydrogens is 314 g/mol. The van der Waals surface area contributed by atoms with Gasteiger partial charge >= 0.3 is 0 Å². The fourth-order valence-corrected chi connectivity index (χ4v) is 2.69. The highest BCUT2D eigenvalue weighted by Crippen LogP contribution is 2.33. The molecule has 0 radical (unpaired) electrons. The van der Waals surface area contributed by atoms with Crippen LogP contribution in [-0.4, -0.2) is 11.7 Å². The maximum absolute atomic E-state index is 9.44. The molecule has 5 heteroatoms. The molecule has 5 nitrogen and oxygen atoms in total. The third-order valence-electron chi connectivity index (χ3n) is 3.87. The van der Waals surface area contributed by atoms with E-state index in [0.717, 1.165) is 11.1 Å². The number of anilines is 1. The average molecular weight is 333 g/mol. The average Bonchev–Trinajstić information content (AvgIpc) is 2.90. The number of benzene rings is 2. The summed E-state index contributed by atoms with van der Waals surface area (Å²) in [6.45, 7) is 2.54. The molecule has 0 atom stereocenters. The van der Waals surface area contributed by atoms with Crippen molar-refractivity contribution in [2.75, 3.05) is 12.8 Å². The van der Waals surface area contributed by atoms with Gasteiger partial charge in [-0.1, -0.05) is 35.9 Å². The highest BCUT2D eigenvalue weighted by molar-refractivity contribution is 5.57. The van der Waals surface area contributed by atoms with Gasteiger partial charge < -0.3 is 15.2 Å². The quantitative estimate of drug-likeness (QED) is 0.763. The topological polar surface area (TPSA) is 73.2 Å². The lowest BCUT2D eigenvalue weighted by Crippen LogP contribution is -2.05. The van der Waals surface area contributed by atoms with Crippen molar-refractivity contribution in [3.8, 4) is 23.4 Å². The SMILES string of the molecule is COc1cccc(Oc2c(N)cc(C#N)n2Cc2cccc(C)c2)c1. The third-order valence-corrected chi connectivity index (χ3v) is 3.87. The Morgan fingerprint density at radius 1 is 1.08 bits per heavy atom. The predicted molar refractivity (Wildman–Crippen MR) is 96.9 cm³/mol. The van der Waals surface area contributed by atoms with Gasteiger partial charge in [-0.2, -0.15) is 5.26 Å². The van der Waals surface area contributed by atoms with E-state index in [-0.39, 0.29) is 0 Å². The van der Waals surface area contributed by atoms with E-state index in [1.165, 1.54) is 0 Å². The normalized spacial score (nSPS) is 10.3. The summed E-state index contributed by atoms with van der Waals surface area (Å²) in [5, 5.41) is 9.44. The molecule has 0 spiro atoms.